The maximum absolute atomic E-state index is 12.8. The summed E-state index contributed by atoms with van der Waals surface area (Å²) in [7, 11) is -3.67. The molecule has 0 radical (unpaired) electrons. The molecule has 0 aliphatic heterocycles. The van der Waals surface area contributed by atoms with E-state index < -0.39 is 15.6 Å². The van der Waals surface area contributed by atoms with Crippen LogP contribution in [-0.2, 0) is 10.0 Å². The van der Waals surface area contributed by atoms with Crippen molar-refractivity contribution in [2.75, 3.05) is 6.54 Å². The van der Waals surface area contributed by atoms with Crippen LogP contribution in [0.15, 0.2) is 35.4 Å². The van der Waals surface area contributed by atoms with Crippen LogP contribution in [0.1, 0.15) is 25.3 Å². The summed E-state index contributed by atoms with van der Waals surface area (Å²) >= 11 is 0. The predicted octanol–water partition coefficient (Wildman–Crippen LogP) is 1.95. The van der Waals surface area contributed by atoms with E-state index in [4.69, 9.17) is 5.73 Å². The normalized spacial score (nSPS) is 18.3. The molecule has 1 fully saturated rings. The summed E-state index contributed by atoms with van der Waals surface area (Å²) in [5.74, 6) is 0.317. The number of benzene rings is 1. The molecule has 1 aliphatic carbocycles. The molecule has 1 aromatic heterocycles. The second-order valence-electron chi connectivity index (χ2n) is 6.34. The van der Waals surface area contributed by atoms with Crippen LogP contribution in [0.2, 0.25) is 0 Å². The molecule has 0 spiro atoms. The number of nitrogens with zero attached hydrogens (tertiary/aromatic N) is 1. The zero-order chi connectivity index (χ0) is 16.0. The molecule has 1 aliphatic rings. The molecule has 6 heteroatoms. The van der Waals surface area contributed by atoms with Crippen LogP contribution in [0.25, 0.3) is 10.9 Å². The first-order chi connectivity index (χ1) is 10.4. The van der Waals surface area contributed by atoms with Crippen LogP contribution in [0.5, 0.6) is 0 Å². The predicted molar refractivity (Wildman–Crippen MR) is 87.0 cm³/mol. The van der Waals surface area contributed by atoms with Gasteiger partial charge in [-0.2, -0.15) is 0 Å². The molecule has 1 saturated carbocycles. The topological polar surface area (TPSA) is 85.1 Å². The van der Waals surface area contributed by atoms with Crippen LogP contribution in [0.4, 0.5) is 0 Å². The quantitative estimate of drug-likeness (QED) is 0.882. The average Bonchev–Trinajstić information content (AvgIpc) is 3.30. The van der Waals surface area contributed by atoms with Crippen molar-refractivity contribution in [2.45, 2.75) is 37.1 Å². The molecule has 5 nitrogen and oxygen atoms in total. The van der Waals surface area contributed by atoms with E-state index in [1.54, 1.807) is 18.3 Å². The maximum atomic E-state index is 12.8. The fourth-order valence-corrected chi connectivity index (χ4v) is 4.49. The third kappa shape index (κ3) is 2.74. The molecule has 1 heterocycles. The van der Waals surface area contributed by atoms with Crippen LogP contribution >= 0.6 is 0 Å². The summed E-state index contributed by atoms with van der Waals surface area (Å²) in [5.41, 5.74) is 6.73. The Balaban J connectivity index is 2.06. The van der Waals surface area contributed by atoms with Gasteiger partial charge in [0.2, 0.25) is 10.0 Å². The van der Waals surface area contributed by atoms with Gasteiger partial charge < -0.3 is 5.73 Å². The second-order valence-corrected chi connectivity index (χ2v) is 7.99. The minimum absolute atomic E-state index is 0.213. The minimum Gasteiger partial charge on any atom is -0.329 e. The van der Waals surface area contributed by atoms with Gasteiger partial charge in [0.05, 0.1) is 5.52 Å². The van der Waals surface area contributed by atoms with E-state index in [0.717, 1.165) is 23.8 Å². The van der Waals surface area contributed by atoms with Crippen molar-refractivity contribution in [1.82, 2.24) is 9.71 Å². The highest BCUT2D eigenvalue weighted by Gasteiger charge is 2.43. The highest BCUT2D eigenvalue weighted by molar-refractivity contribution is 7.89. The molecule has 3 N–H and O–H groups in total. The number of hydrogen-bond acceptors (Lipinski definition) is 4. The van der Waals surface area contributed by atoms with E-state index in [2.05, 4.69) is 9.71 Å². The number of aromatic nitrogens is 1. The molecule has 0 amide bonds. The number of sulfonamides is 1. The first-order valence-corrected chi connectivity index (χ1v) is 8.93. The highest BCUT2D eigenvalue weighted by Crippen LogP contribution is 2.40. The van der Waals surface area contributed by atoms with Crippen molar-refractivity contribution in [1.29, 1.82) is 0 Å². The molecule has 0 saturated heterocycles. The molecule has 1 atom stereocenters. The third-order valence-electron chi connectivity index (χ3n) is 4.37. The number of fused-ring (bicyclic) bond motifs is 1. The lowest BCUT2D eigenvalue weighted by molar-refractivity contribution is 0.374. The monoisotopic (exact) mass is 319 g/mol. The van der Waals surface area contributed by atoms with Crippen molar-refractivity contribution in [2.24, 2.45) is 11.7 Å². The van der Waals surface area contributed by atoms with Gasteiger partial charge in [0, 0.05) is 23.7 Å². The SMILES string of the molecule is Cc1cnc2c(S(=O)(=O)NC(C)(CN)C3CC3)cccc2c1. The number of para-hydroxylation sites is 1. The Morgan fingerprint density at radius 3 is 2.77 bits per heavy atom. The largest absolute Gasteiger partial charge is 0.329 e. The van der Waals surface area contributed by atoms with Crippen molar-refractivity contribution in [3.63, 3.8) is 0 Å². The summed E-state index contributed by atoms with van der Waals surface area (Å²) in [6.07, 6.45) is 3.72. The van der Waals surface area contributed by atoms with Gasteiger partial charge in [0.1, 0.15) is 4.90 Å². The summed E-state index contributed by atoms with van der Waals surface area (Å²) in [6, 6.07) is 7.15. The van der Waals surface area contributed by atoms with E-state index >= 15 is 0 Å². The molecule has 3 rings (SSSR count). The van der Waals surface area contributed by atoms with Crippen molar-refractivity contribution in [3.05, 3.63) is 36.0 Å². The van der Waals surface area contributed by atoms with Gasteiger partial charge in [0.15, 0.2) is 0 Å². The van der Waals surface area contributed by atoms with Crippen molar-refractivity contribution >= 4 is 20.9 Å². The fourth-order valence-electron chi connectivity index (χ4n) is 2.83. The molecular formula is C16H21N3O2S. The molecule has 2 aromatic rings. The van der Waals surface area contributed by atoms with Crippen LogP contribution in [0.3, 0.4) is 0 Å². The number of nitrogens with two attached hydrogens (primary N) is 1. The third-order valence-corrected chi connectivity index (χ3v) is 6.01. The number of hydrogen-bond donors (Lipinski definition) is 2. The molecule has 1 aromatic carbocycles. The Bertz CT molecular complexity index is 815. The van der Waals surface area contributed by atoms with Gasteiger partial charge >= 0.3 is 0 Å². The Hall–Kier alpha value is -1.50. The Morgan fingerprint density at radius 2 is 2.14 bits per heavy atom. The molecule has 118 valence electrons. The number of aryl methyl sites for hydroxylation is 1. The van der Waals surface area contributed by atoms with Gasteiger partial charge in [0.25, 0.3) is 0 Å². The Labute approximate surface area is 131 Å². The van der Waals surface area contributed by atoms with Gasteiger partial charge in [-0.1, -0.05) is 12.1 Å². The van der Waals surface area contributed by atoms with Gasteiger partial charge in [-0.3, -0.25) is 4.98 Å². The van der Waals surface area contributed by atoms with Crippen LogP contribution < -0.4 is 10.5 Å². The zero-order valence-corrected chi connectivity index (χ0v) is 13.7. The summed E-state index contributed by atoms with van der Waals surface area (Å²) in [5, 5.41) is 0.823. The summed E-state index contributed by atoms with van der Waals surface area (Å²) in [6.45, 7) is 4.10. The van der Waals surface area contributed by atoms with E-state index in [0.29, 0.717) is 11.4 Å². The summed E-state index contributed by atoms with van der Waals surface area (Å²) in [4.78, 5) is 4.53. The minimum atomic E-state index is -3.67. The van der Waals surface area contributed by atoms with Crippen molar-refractivity contribution < 1.29 is 8.42 Å². The molecule has 22 heavy (non-hydrogen) atoms. The second kappa shape index (κ2) is 5.30. The standard InChI is InChI=1S/C16H21N3O2S/c1-11-8-12-4-3-5-14(15(12)18-9-11)22(20,21)19-16(2,10-17)13-6-7-13/h3-5,8-9,13,19H,6-7,10,17H2,1-2H3. The van der Waals surface area contributed by atoms with Gasteiger partial charge in [-0.25, -0.2) is 13.1 Å². The molecule has 1 unspecified atom stereocenters. The highest BCUT2D eigenvalue weighted by atomic mass is 32.2. The molecule has 0 bridgehead atoms. The van der Waals surface area contributed by atoms with Crippen LogP contribution in [-0.4, -0.2) is 25.5 Å². The average molecular weight is 319 g/mol. The summed E-state index contributed by atoms with van der Waals surface area (Å²) < 4.78 is 28.5. The fraction of sp³-hybridized carbons (Fsp3) is 0.438. The Kier molecular flexibility index (Phi) is 3.71. The van der Waals surface area contributed by atoms with E-state index in [9.17, 15) is 8.42 Å². The Morgan fingerprint density at radius 1 is 1.41 bits per heavy atom. The van der Waals surface area contributed by atoms with E-state index in [-0.39, 0.29) is 11.4 Å². The first kappa shape index (κ1) is 15.4. The molecular weight excluding hydrogens is 298 g/mol. The smallest absolute Gasteiger partial charge is 0.243 e. The number of nitrogens with one attached hydrogen (secondary N) is 1. The lowest BCUT2D eigenvalue weighted by atomic mass is 9.98. The zero-order valence-electron chi connectivity index (χ0n) is 12.8. The number of rotatable bonds is 5. The van der Waals surface area contributed by atoms with Crippen molar-refractivity contribution in [3.8, 4) is 0 Å². The van der Waals surface area contributed by atoms with Gasteiger partial charge in [-0.15, -0.1) is 0 Å². The lowest BCUT2D eigenvalue weighted by Crippen LogP contribution is -2.53. The first-order valence-electron chi connectivity index (χ1n) is 7.45. The van der Waals surface area contributed by atoms with E-state index in [1.165, 1.54) is 0 Å². The van der Waals surface area contributed by atoms with Gasteiger partial charge in [-0.05, 0) is 50.3 Å². The van der Waals surface area contributed by atoms with Crippen LogP contribution in [0, 0.1) is 12.8 Å². The lowest BCUT2D eigenvalue weighted by Gasteiger charge is -2.29. The van der Waals surface area contributed by atoms with E-state index in [1.807, 2.05) is 26.0 Å². The maximum Gasteiger partial charge on any atom is 0.243 e. The number of pyridine rings is 1.